The van der Waals surface area contributed by atoms with Gasteiger partial charge in [0.1, 0.15) is 0 Å². The summed E-state index contributed by atoms with van der Waals surface area (Å²) >= 11 is 0. The maximum Gasteiger partial charge on any atom is 0.317 e. The maximum atomic E-state index is 10.9. The van der Waals surface area contributed by atoms with Gasteiger partial charge in [-0.1, -0.05) is 47.0 Å². The van der Waals surface area contributed by atoms with Crippen LogP contribution in [0.5, 0.6) is 0 Å². The van der Waals surface area contributed by atoms with Crippen LogP contribution >= 0.6 is 0 Å². The minimum absolute atomic E-state index is 0.0108. The Morgan fingerprint density at radius 2 is 1.53 bits per heavy atom. The zero-order valence-electron chi connectivity index (χ0n) is 12.2. The number of carbonyl (C=O) groups is 1. The number of hydrogen-bond donors (Lipinski definition) is 1. The summed E-state index contributed by atoms with van der Waals surface area (Å²) < 4.78 is 5.07. The quantitative estimate of drug-likeness (QED) is 0.773. The Morgan fingerprint density at radius 3 is 1.82 bits per heavy atom. The van der Waals surface area contributed by atoms with E-state index in [0.717, 1.165) is 0 Å². The Morgan fingerprint density at radius 1 is 1.12 bits per heavy atom. The molecule has 4 nitrogen and oxygen atoms in total. The van der Waals surface area contributed by atoms with Gasteiger partial charge in [0.25, 0.3) is 0 Å². The van der Waals surface area contributed by atoms with Crippen molar-refractivity contribution in [3.05, 3.63) is 0 Å². The van der Waals surface area contributed by atoms with Gasteiger partial charge in [-0.15, -0.1) is 0 Å². The van der Waals surface area contributed by atoms with Gasteiger partial charge < -0.3 is 15.0 Å². The predicted molar refractivity (Wildman–Crippen MR) is 73.4 cm³/mol. The molecule has 0 radical (unpaired) electrons. The van der Waals surface area contributed by atoms with Gasteiger partial charge in [0, 0.05) is 20.1 Å². The average molecular weight is 246 g/mol. The molecule has 0 aromatic heterocycles. The first kappa shape index (κ1) is 18.6. The number of carbonyl (C=O) groups excluding carboxylic acids is 1. The lowest BCUT2D eigenvalue weighted by Gasteiger charge is -2.26. The standard InChI is InChI=1S/C6H12N2O2.C4H10.C3H8/c1-7-6(9)8-2-4-10-5-3-8;1-3-4-2;1-3-2/h2-5H2,1H3,(H,7,9);3-4H2,1-2H3;3H2,1-2H3. The second kappa shape index (κ2) is 15.2. The van der Waals surface area contributed by atoms with Crippen LogP contribution in [0.3, 0.4) is 0 Å². The molecule has 1 rings (SSSR count). The first-order valence-electron chi connectivity index (χ1n) is 6.72. The molecule has 0 bridgehead atoms. The summed E-state index contributed by atoms with van der Waals surface area (Å²) in [7, 11) is 1.64. The Hall–Kier alpha value is -0.770. The van der Waals surface area contributed by atoms with E-state index in [1.54, 1.807) is 11.9 Å². The third-order valence-electron chi connectivity index (χ3n) is 2.01. The van der Waals surface area contributed by atoms with Crippen LogP contribution in [0.1, 0.15) is 47.0 Å². The highest BCUT2D eigenvalue weighted by atomic mass is 16.5. The molecular formula is C13H30N2O2. The monoisotopic (exact) mass is 246 g/mol. The first-order valence-corrected chi connectivity index (χ1v) is 6.72. The van der Waals surface area contributed by atoms with Gasteiger partial charge in [-0.25, -0.2) is 4.79 Å². The number of urea groups is 1. The van der Waals surface area contributed by atoms with Gasteiger partial charge >= 0.3 is 6.03 Å². The van der Waals surface area contributed by atoms with Crippen molar-refractivity contribution >= 4 is 6.03 Å². The van der Waals surface area contributed by atoms with Crippen LogP contribution in [0.25, 0.3) is 0 Å². The third kappa shape index (κ3) is 13.2. The summed E-state index contributed by atoms with van der Waals surface area (Å²) in [6, 6.07) is -0.0108. The molecule has 17 heavy (non-hydrogen) atoms. The van der Waals surface area contributed by atoms with Crippen LogP contribution in [-0.2, 0) is 4.74 Å². The fourth-order valence-electron chi connectivity index (χ4n) is 0.925. The number of ether oxygens (including phenoxy) is 1. The van der Waals surface area contributed by atoms with Crippen LogP contribution < -0.4 is 5.32 Å². The van der Waals surface area contributed by atoms with Crippen molar-refractivity contribution in [2.75, 3.05) is 33.4 Å². The summed E-state index contributed by atoms with van der Waals surface area (Å²) in [5.41, 5.74) is 0. The zero-order chi connectivity index (χ0) is 13.5. The molecule has 0 unspecified atom stereocenters. The summed E-state index contributed by atoms with van der Waals surface area (Å²) in [4.78, 5) is 12.7. The second-order valence-electron chi connectivity index (χ2n) is 3.86. The smallest absolute Gasteiger partial charge is 0.317 e. The first-order chi connectivity index (χ1) is 8.17. The van der Waals surface area contributed by atoms with Crippen LogP contribution in [0.4, 0.5) is 4.79 Å². The van der Waals surface area contributed by atoms with Gasteiger partial charge in [-0.2, -0.15) is 0 Å². The number of rotatable bonds is 1. The van der Waals surface area contributed by atoms with Crippen LogP contribution in [-0.4, -0.2) is 44.3 Å². The summed E-state index contributed by atoms with van der Waals surface area (Å²) in [6.07, 6.45) is 3.89. The summed E-state index contributed by atoms with van der Waals surface area (Å²) in [6.45, 7) is 11.3. The van der Waals surface area contributed by atoms with E-state index in [4.69, 9.17) is 4.74 Å². The Kier molecular flexibility index (Phi) is 16.7. The van der Waals surface area contributed by atoms with Crippen molar-refractivity contribution in [2.45, 2.75) is 47.0 Å². The largest absolute Gasteiger partial charge is 0.378 e. The van der Waals surface area contributed by atoms with Crippen molar-refractivity contribution in [3.63, 3.8) is 0 Å². The normalized spacial score (nSPS) is 13.8. The van der Waals surface area contributed by atoms with E-state index in [1.165, 1.54) is 19.3 Å². The number of nitrogens with zero attached hydrogens (tertiary/aromatic N) is 1. The highest BCUT2D eigenvalue weighted by molar-refractivity contribution is 5.73. The van der Waals surface area contributed by atoms with Crippen molar-refractivity contribution in [3.8, 4) is 0 Å². The minimum atomic E-state index is -0.0108. The summed E-state index contributed by atoms with van der Waals surface area (Å²) in [5, 5.41) is 2.57. The molecular weight excluding hydrogens is 216 g/mol. The van der Waals surface area contributed by atoms with E-state index >= 15 is 0 Å². The van der Waals surface area contributed by atoms with E-state index in [-0.39, 0.29) is 6.03 Å². The van der Waals surface area contributed by atoms with E-state index in [0.29, 0.717) is 26.3 Å². The fourth-order valence-corrected chi connectivity index (χ4v) is 0.925. The fraction of sp³-hybridized carbons (Fsp3) is 0.923. The molecule has 0 spiro atoms. The zero-order valence-corrected chi connectivity index (χ0v) is 12.2. The number of nitrogens with one attached hydrogen (secondary N) is 1. The molecule has 1 N–H and O–H groups in total. The molecule has 0 aromatic carbocycles. The van der Waals surface area contributed by atoms with Gasteiger partial charge in [0.2, 0.25) is 0 Å². The molecule has 1 heterocycles. The Bertz CT molecular complexity index is 155. The predicted octanol–water partition coefficient (Wildman–Crippen LogP) is 2.88. The molecule has 0 saturated carbocycles. The number of hydrogen-bond acceptors (Lipinski definition) is 2. The van der Waals surface area contributed by atoms with Gasteiger partial charge in [0.15, 0.2) is 0 Å². The lowest BCUT2D eigenvalue weighted by molar-refractivity contribution is 0.0537. The van der Waals surface area contributed by atoms with Crippen LogP contribution in [0.2, 0.25) is 0 Å². The van der Waals surface area contributed by atoms with Crippen LogP contribution in [0.15, 0.2) is 0 Å². The number of morpholine rings is 1. The van der Waals surface area contributed by atoms with E-state index in [1.807, 2.05) is 0 Å². The van der Waals surface area contributed by atoms with Gasteiger partial charge in [-0.05, 0) is 0 Å². The highest BCUT2D eigenvalue weighted by Gasteiger charge is 2.14. The summed E-state index contributed by atoms with van der Waals surface area (Å²) in [5.74, 6) is 0. The number of amides is 2. The Labute approximate surface area is 107 Å². The molecule has 0 atom stereocenters. The molecule has 1 saturated heterocycles. The number of unbranched alkanes of at least 4 members (excludes halogenated alkanes) is 1. The lowest BCUT2D eigenvalue weighted by atomic mass is 10.4. The van der Waals surface area contributed by atoms with Gasteiger partial charge in [0.05, 0.1) is 13.2 Å². The molecule has 0 aliphatic carbocycles. The SMILES string of the molecule is CCC.CCCC.CNC(=O)N1CCOCC1. The second-order valence-corrected chi connectivity index (χ2v) is 3.86. The molecule has 1 aliphatic rings. The van der Waals surface area contributed by atoms with Crippen molar-refractivity contribution in [1.29, 1.82) is 0 Å². The molecule has 0 aromatic rings. The topological polar surface area (TPSA) is 41.6 Å². The Balaban J connectivity index is 0. The third-order valence-corrected chi connectivity index (χ3v) is 2.01. The van der Waals surface area contributed by atoms with E-state index in [2.05, 4.69) is 33.0 Å². The van der Waals surface area contributed by atoms with E-state index < -0.39 is 0 Å². The van der Waals surface area contributed by atoms with Crippen LogP contribution in [0, 0.1) is 0 Å². The van der Waals surface area contributed by atoms with Gasteiger partial charge in [-0.3, -0.25) is 0 Å². The van der Waals surface area contributed by atoms with Crippen molar-refractivity contribution in [2.24, 2.45) is 0 Å². The lowest BCUT2D eigenvalue weighted by Crippen LogP contribution is -2.44. The molecule has 104 valence electrons. The minimum Gasteiger partial charge on any atom is -0.378 e. The molecule has 4 heteroatoms. The molecule has 2 amide bonds. The average Bonchev–Trinajstić information content (AvgIpc) is 2.40. The van der Waals surface area contributed by atoms with Crippen molar-refractivity contribution < 1.29 is 9.53 Å². The van der Waals surface area contributed by atoms with Crippen molar-refractivity contribution in [1.82, 2.24) is 10.2 Å². The van der Waals surface area contributed by atoms with E-state index in [9.17, 15) is 4.79 Å². The maximum absolute atomic E-state index is 10.9. The highest BCUT2D eigenvalue weighted by Crippen LogP contribution is 1.95. The molecule has 1 aliphatic heterocycles. The molecule has 1 fully saturated rings.